The van der Waals surface area contributed by atoms with Crippen molar-refractivity contribution in [2.75, 3.05) is 12.8 Å². The highest BCUT2D eigenvalue weighted by Crippen LogP contribution is 2.30. The van der Waals surface area contributed by atoms with Crippen LogP contribution in [0.1, 0.15) is 26.3 Å². The van der Waals surface area contributed by atoms with E-state index in [9.17, 15) is 24.5 Å². The SMILES string of the molecule is CN(Cc1cccc(C(N)=O)c1)C(=O)CSc1ccc(C(N)=O)cc1[N+](=O)[O-]. The molecule has 0 fully saturated rings. The second-order valence-corrected chi connectivity index (χ2v) is 6.92. The Kier molecular flexibility index (Phi) is 6.72. The lowest BCUT2D eigenvalue weighted by Crippen LogP contribution is -2.28. The number of nitrogens with two attached hydrogens (primary N) is 2. The van der Waals surface area contributed by atoms with E-state index in [1.165, 1.54) is 17.0 Å². The van der Waals surface area contributed by atoms with Crippen molar-refractivity contribution < 1.29 is 19.3 Å². The average molecular weight is 402 g/mol. The third-order valence-electron chi connectivity index (χ3n) is 3.85. The normalized spacial score (nSPS) is 10.3. The van der Waals surface area contributed by atoms with Gasteiger partial charge in [0.2, 0.25) is 17.7 Å². The standard InChI is InChI=1S/C18H18N4O5S/c1-21(9-11-3-2-4-12(7-11)17(19)24)16(23)10-28-15-6-5-13(18(20)25)8-14(15)22(26)27/h2-8H,9-10H2,1H3,(H2,19,24)(H2,20,25). The van der Waals surface area contributed by atoms with E-state index in [-0.39, 0.29) is 34.4 Å². The number of hydrogen-bond acceptors (Lipinski definition) is 6. The summed E-state index contributed by atoms with van der Waals surface area (Å²) in [6, 6.07) is 10.5. The van der Waals surface area contributed by atoms with Gasteiger partial charge in [0.25, 0.3) is 5.69 Å². The quantitative estimate of drug-likeness (QED) is 0.388. The molecule has 9 nitrogen and oxygen atoms in total. The average Bonchev–Trinajstić information content (AvgIpc) is 2.65. The Balaban J connectivity index is 2.05. The number of carbonyl (C=O) groups is 3. The summed E-state index contributed by atoms with van der Waals surface area (Å²) in [4.78, 5) is 47.1. The molecule has 0 radical (unpaired) electrons. The lowest BCUT2D eigenvalue weighted by atomic mass is 10.1. The molecule has 0 unspecified atom stereocenters. The van der Waals surface area contributed by atoms with Gasteiger partial charge in [-0.1, -0.05) is 12.1 Å². The lowest BCUT2D eigenvalue weighted by Gasteiger charge is -2.17. The van der Waals surface area contributed by atoms with Crippen LogP contribution in [-0.4, -0.2) is 40.3 Å². The molecule has 28 heavy (non-hydrogen) atoms. The zero-order chi connectivity index (χ0) is 20.8. The van der Waals surface area contributed by atoms with E-state index < -0.39 is 16.7 Å². The maximum atomic E-state index is 12.4. The van der Waals surface area contributed by atoms with Gasteiger partial charge in [-0.3, -0.25) is 24.5 Å². The van der Waals surface area contributed by atoms with Gasteiger partial charge < -0.3 is 16.4 Å². The second kappa shape index (κ2) is 9.00. The molecule has 0 aliphatic heterocycles. The number of thioether (sulfide) groups is 1. The fourth-order valence-corrected chi connectivity index (χ4v) is 3.32. The number of amides is 3. The van der Waals surface area contributed by atoms with Crippen LogP contribution in [0.2, 0.25) is 0 Å². The lowest BCUT2D eigenvalue weighted by molar-refractivity contribution is -0.387. The Morgan fingerprint density at radius 2 is 1.71 bits per heavy atom. The van der Waals surface area contributed by atoms with E-state index >= 15 is 0 Å². The predicted octanol–water partition coefficient (Wildman–Crippen LogP) is 1.54. The molecule has 3 amide bonds. The Morgan fingerprint density at radius 3 is 2.32 bits per heavy atom. The first-order valence-corrected chi connectivity index (χ1v) is 9.01. The molecular weight excluding hydrogens is 384 g/mol. The van der Waals surface area contributed by atoms with Crippen LogP contribution in [0, 0.1) is 10.1 Å². The van der Waals surface area contributed by atoms with Gasteiger partial charge in [-0.05, 0) is 29.8 Å². The smallest absolute Gasteiger partial charge is 0.283 e. The van der Waals surface area contributed by atoms with Crippen molar-refractivity contribution in [2.24, 2.45) is 11.5 Å². The van der Waals surface area contributed by atoms with Gasteiger partial charge in [0.1, 0.15) is 0 Å². The minimum atomic E-state index is -0.770. The van der Waals surface area contributed by atoms with Crippen LogP contribution in [0.25, 0.3) is 0 Å². The van der Waals surface area contributed by atoms with Crippen molar-refractivity contribution >= 4 is 35.2 Å². The Bertz CT molecular complexity index is 947. The highest BCUT2D eigenvalue weighted by Gasteiger charge is 2.19. The minimum Gasteiger partial charge on any atom is -0.366 e. The van der Waals surface area contributed by atoms with Gasteiger partial charge in [0.15, 0.2) is 0 Å². The van der Waals surface area contributed by atoms with Crippen LogP contribution < -0.4 is 11.5 Å². The first kappa shape index (κ1) is 20.9. The van der Waals surface area contributed by atoms with Gasteiger partial charge in [-0.25, -0.2) is 0 Å². The van der Waals surface area contributed by atoms with Crippen LogP contribution in [-0.2, 0) is 11.3 Å². The van der Waals surface area contributed by atoms with Crippen molar-refractivity contribution in [3.63, 3.8) is 0 Å². The summed E-state index contributed by atoms with van der Waals surface area (Å²) in [5.41, 5.74) is 11.2. The summed E-state index contributed by atoms with van der Waals surface area (Å²) in [6.07, 6.45) is 0. The number of primary amides is 2. The van der Waals surface area contributed by atoms with Gasteiger partial charge in [-0.2, -0.15) is 0 Å². The topological polar surface area (TPSA) is 150 Å². The van der Waals surface area contributed by atoms with Gasteiger partial charge in [0, 0.05) is 30.8 Å². The molecule has 0 atom stereocenters. The van der Waals surface area contributed by atoms with Crippen molar-refractivity contribution in [1.82, 2.24) is 4.90 Å². The summed E-state index contributed by atoms with van der Waals surface area (Å²) in [5, 5.41) is 11.2. The summed E-state index contributed by atoms with van der Waals surface area (Å²) in [7, 11) is 1.59. The fraction of sp³-hybridized carbons (Fsp3) is 0.167. The highest BCUT2D eigenvalue weighted by molar-refractivity contribution is 8.00. The molecule has 10 heteroatoms. The molecule has 0 aliphatic carbocycles. The molecule has 0 aliphatic rings. The summed E-state index contributed by atoms with van der Waals surface area (Å²) >= 11 is 0.992. The van der Waals surface area contributed by atoms with Crippen LogP contribution in [0.5, 0.6) is 0 Å². The molecule has 2 aromatic carbocycles. The van der Waals surface area contributed by atoms with Gasteiger partial charge in [-0.15, -0.1) is 11.8 Å². The first-order valence-electron chi connectivity index (χ1n) is 8.02. The first-order chi connectivity index (χ1) is 13.2. The monoisotopic (exact) mass is 402 g/mol. The third-order valence-corrected chi connectivity index (χ3v) is 4.90. The van der Waals surface area contributed by atoms with Crippen LogP contribution in [0.3, 0.4) is 0 Å². The maximum absolute atomic E-state index is 12.4. The van der Waals surface area contributed by atoms with E-state index in [0.717, 1.165) is 23.4 Å². The number of rotatable bonds is 8. The molecular formula is C18H18N4O5S. The largest absolute Gasteiger partial charge is 0.366 e. The van der Waals surface area contributed by atoms with Gasteiger partial charge in [0.05, 0.1) is 15.6 Å². The highest BCUT2D eigenvalue weighted by atomic mass is 32.2. The summed E-state index contributed by atoms with van der Waals surface area (Å²) in [6.45, 7) is 0.253. The zero-order valence-electron chi connectivity index (χ0n) is 15.0. The van der Waals surface area contributed by atoms with Crippen molar-refractivity contribution in [3.8, 4) is 0 Å². The van der Waals surface area contributed by atoms with E-state index in [1.807, 2.05) is 0 Å². The second-order valence-electron chi connectivity index (χ2n) is 5.91. The molecule has 0 bridgehead atoms. The molecule has 146 valence electrons. The number of hydrogen-bond donors (Lipinski definition) is 2. The summed E-state index contributed by atoms with van der Waals surface area (Å²) < 4.78 is 0. The molecule has 2 aromatic rings. The zero-order valence-corrected chi connectivity index (χ0v) is 15.8. The van der Waals surface area contributed by atoms with Crippen molar-refractivity contribution in [2.45, 2.75) is 11.4 Å². The third kappa shape index (κ3) is 5.30. The van der Waals surface area contributed by atoms with Crippen molar-refractivity contribution in [3.05, 3.63) is 69.3 Å². The summed E-state index contributed by atoms with van der Waals surface area (Å²) in [5.74, 6) is -1.63. The molecule has 0 saturated carbocycles. The Morgan fingerprint density at radius 1 is 1.07 bits per heavy atom. The van der Waals surface area contributed by atoms with E-state index in [2.05, 4.69) is 0 Å². The van der Waals surface area contributed by atoms with E-state index in [4.69, 9.17) is 11.5 Å². The number of carbonyl (C=O) groups excluding carboxylic acids is 3. The maximum Gasteiger partial charge on any atom is 0.283 e. The fourth-order valence-electron chi connectivity index (χ4n) is 2.37. The molecule has 4 N–H and O–H groups in total. The van der Waals surface area contributed by atoms with E-state index in [0.29, 0.717) is 5.56 Å². The van der Waals surface area contributed by atoms with Crippen LogP contribution >= 0.6 is 11.8 Å². The molecule has 0 aromatic heterocycles. The molecule has 2 rings (SSSR count). The van der Waals surface area contributed by atoms with Crippen LogP contribution in [0.15, 0.2) is 47.4 Å². The number of nitrogens with zero attached hydrogens (tertiary/aromatic N) is 2. The van der Waals surface area contributed by atoms with E-state index in [1.54, 1.807) is 31.3 Å². The molecule has 0 heterocycles. The number of benzene rings is 2. The predicted molar refractivity (Wildman–Crippen MR) is 104 cm³/mol. The molecule has 0 saturated heterocycles. The number of nitro groups is 1. The minimum absolute atomic E-state index is 0.0221. The van der Waals surface area contributed by atoms with Crippen molar-refractivity contribution in [1.29, 1.82) is 0 Å². The Hall–Kier alpha value is -3.40. The van der Waals surface area contributed by atoms with Gasteiger partial charge >= 0.3 is 0 Å². The molecule has 0 spiro atoms. The van der Waals surface area contributed by atoms with Crippen LogP contribution in [0.4, 0.5) is 5.69 Å². The Labute approximate surface area is 164 Å². The number of nitro benzene ring substituents is 1.